The SMILES string of the molecule is CCC1O[C@H](OCCCCCN(Cc2ccccc2)C(=O)OCc2ccccc2)[C@@H](N=[N+]=[N-])C(C)[C@@H]1O[C@@H]1OC(CO)[C@@H](O)C(C)[C@@H]1C. The van der Waals surface area contributed by atoms with Crippen LogP contribution in [0, 0.1) is 17.8 Å². The average Bonchev–Trinajstić information content (AvgIpc) is 3.11. The Bertz CT molecular complexity index is 1280. The monoisotopic (exact) mass is 668 g/mol. The highest BCUT2D eigenvalue weighted by Gasteiger charge is 2.48. The van der Waals surface area contributed by atoms with Crippen LogP contribution in [0.2, 0.25) is 0 Å². The number of nitrogens with zero attached hydrogens (tertiary/aromatic N) is 4. The minimum atomic E-state index is -0.791. The summed E-state index contributed by atoms with van der Waals surface area (Å²) in [4.78, 5) is 17.9. The molecule has 10 atom stereocenters. The van der Waals surface area contributed by atoms with E-state index >= 15 is 0 Å². The van der Waals surface area contributed by atoms with E-state index in [1.54, 1.807) is 4.90 Å². The summed E-state index contributed by atoms with van der Waals surface area (Å²) in [5.41, 5.74) is 11.4. The fraction of sp³-hybridized carbons (Fsp3) is 0.639. The molecule has 4 rings (SSSR count). The third kappa shape index (κ3) is 10.1. The van der Waals surface area contributed by atoms with Gasteiger partial charge in [0.15, 0.2) is 12.6 Å². The first kappa shape index (κ1) is 37.6. The number of amides is 1. The zero-order valence-corrected chi connectivity index (χ0v) is 28.5. The number of aliphatic hydroxyl groups excluding tert-OH is 2. The van der Waals surface area contributed by atoms with Crippen molar-refractivity contribution < 1.29 is 38.7 Å². The van der Waals surface area contributed by atoms with Crippen LogP contribution in [-0.4, -0.2) is 84.0 Å². The second kappa shape index (κ2) is 19.1. The lowest BCUT2D eigenvalue weighted by molar-refractivity contribution is -0.323. The van der Waals surface area contributed by atoms with Crippen molar-refractivity contribution in [2.75, 3.05) is 19.8 Å². The smallest absolute Gasteiger partial charge is 0.410 e. The van der Waals surface area contributed by atoms with Gasteiger partial charge in [0, 0.05) is 30.5 Å². The van der Waals surface area contributed by atoms with Gasteiger partial charge >= 0.3 is 6.09 Å². The molecule has 264 valence electrons. The van der Waals surface area contributed by atoms with Crippen molar-refractivity contribution in [1.29, 1.82) is 0 Å². The number of carbonyl (C=O) groups excluding carboxylic acids is 1. The minimum Gasteiger partial charge on any atom is -0.445 e. The minimum absolute atomic E-state index is 0.131. The maximum Gasteiger partial charge on any atom is 0.410 e. The summed E-state index contributed by atoms with van der Waals surface area (Å²) < 4.78 is 30.6. The van der Waals surface area contributed by atoms with Gasteiger partial charge in [-0.3, -0.25) is 0 Å². The first-order valence-electron chi connectivity index (χ1n) is 17.2. The molecule has 48 heavy (non-hydrogen) atoms. The lowest BCUT2D eigenvalue weighted by atomic mass is 9.84. The van der Waals surface area contributed by atoms with Crippen LogP contribution >= 0.6 is 0 Å². The molecule has 2 aromatic rings. The van der Waals surface area contributed by atoms with E-state index in [1.807, 2.05) is 88.4 Å². The number of aliphatic hydroxyl groups is 2. The molecule has 2 aliphatic heterocycles. The van der Waals surface area contributed by atoms with Crippen LogP contribution in [0.3, 0.4) is 0 Å². The molecule has 0 saturated carbocycles. The van der Waals surface area contributed by atoms with Crippen LogP contribution in [0.15, 0.2) is 65.8 Å². The molecule has 0 radical (unpaired) electrons. The summed E-state index contributed by atoms with van der Waals surface area (Å²) in [7, 11) is 0. The van der Waals surface area contributed by atoms with Gasteiger partial charge in [-0.25, -0.2) is 4.79 Å². The van der Waals surface area contributed by atoms with E-state index in [-0.39, 0.29) is 43.2 Å². The molecule has 4 unspecified atom stereocenters. The second-order valence-electron chi connectivity index (χ2n) is 12.9. The molecular formula is C36H52N4O8. The van der Waals surface area contributed by atoms with Crippen molar-refractivity contribution in [2.45, 2.75) is 110 Å². The zero-order valence-electron chi connectivity index (χ0n) is 28.5. The van der Waals surface area contributed by atoms with Crippen molar-refractivity contribution in [3.05, 3.63) is 82.2 Å². The fourth-order valence-corrected chi connectivity index (χ4v) is 6.37. The molecule has 2 aliphatic rings. The first-order chi connectivity index (χ1) is 23.3. The van der Waals surface area contributed by atoms with E-state index in [0.29, 0.717) is 26.1 Å². The number of unbranched alkanes of at least 4 members (excludes halogenated alkanes) is 2. The third-order valence-electron chi connectivity index (χ3n) is 9.59. The van der Waals surface area contributed by atoms with Gasteiger partial charge in [-0.15, -0.1) is 0 Å². The van der Waals surface area contributed by atoms with Crippen molar-refractivity contribution in [1.82, 2.24) is 4.90 Å². The topological polar surface area (TPSA) is 156 Å². The van der Waals surface area contributed by atoms with Crippen LogP contribution in [0.5, 0.6) is 0 Å². The Morgan fingerprint density at radius 1 is 0.917 bits per heavy atom. The van der Waals surface area contributed by atoms with E-state index in [4.69, 9.17) is 23.7 Å². The summed E-state index contributed by atoms with van der Waals surface area (Å²) in [5, 5.41) is 24.3. The Labute approximate surface area is 283 Å². The fourth-order valence-electron chi connectivity index (χ4n) is 6.37. The number of benzene rings is 2. The summed E-state index contributed by atoms with van der Waals surface area (Å²) in [6.45, 7) is 9.11. The molecule has 2 aromatic carbocycles. The third-order valence-corrected chi connectivity index (χ3v) is 9.59. The number of hydrogen-bond acceptors (Lipinski definition) is 9. The molecule has 2 N–H and O–H groups in total. The highest BCUT2D eigenvalue weighted by molar-refractivity contribution is 5.67. The molecule has 0 spiro atoms. The van der Waals surface area contributed by atoms with Crippen molar-refractivity contribution in [2.24, 2.45) is 22.9 Å². The second-order valence-corrected chi connectivity index (χ2v) is 12.9. The molecule has 12 nitrogen and oxygen atoms in total. The molecule has 1 amide bonds. The molecule has 0 bridgehead atoms. The van der Waals surface area contributed by atoms with Crippen LogP contribution in [-0.2, 0) is 36.8 Å². The first-order valence-corrected chi connectivity index (χ1v) is 17.2. The number of hydrogen-bond donors (Lipinski definition) is 2. The molecular weight excluding hydrogens is 616 g/mol. The summed E-state index contributed by atoms with van der Waals surface area (Å²) in [6.07, 6.45) is -1.14. The normalized spacial score (nSPS) is 30.3. The van der Waals surface area contributed by atoms with E-state index in [1.165, 1.54) is 0 Å². The predicted molar refractivity (Wildman–Crippen MR) is 179 cm³/mol. The lowest BCUT2D eigenvalue weighted by Gasteiger charge is -2.48. The van der Waals surface area contributed by atoms with Crippen LogP contribution < -0.4 is 0 Å². The quantitative estimate of drug-likeness (QED) is 0.0928. The number of azide groups is 1. The molecule has 12 heteroatoms. The molecule has 2 saturated heterocycles. The highest BCUT2D eigenvalue weighted by Crippen LogP contribution is 2.38. The van der Waals surface area contributed by atoms with Crippen LogP contribution in [0.1, 0.15) is 64.5 Å². The van der Waals surface area contributed by atoms with Gasteiger partial charge in [0.05, 0.1) is 31.0 Å². The maximum absolute atomic E-state index is 13.0. The van der Waals surface area contributed by atoms with Gasteiger partial charge in [0.1, 0.15) is 12.7 Å². The van der Waals surface area contributed by atoms with Gasteiger partial charge in [0.25, 0.3) is 0 Å². The largest absolute Gasteiger partial charge is 0.445 e. The molecule has 0 aromatic heterocycles. The van der Waals surface area contributed by atoms with Gasteiger partial charge in [0.2, 0.25) is 0 Å². The Morgan fingerprint density at radius 3 is 2.23 bits per heavy atom. The van der Waals surface area contributed by atoms with E-state index in [0.717, 1.165) is 30.4 Å². The van der Waals surface area contributed by atoms with Gasteiger partial charge < -0.3 is 38.8 Å². The summed E-state index contributed by atoms with van der Waals surface area (Å²) in [5.74, 6) is -0.521. The number of ether oxygens (including phenoxy) is 5. The van der Waals surface area contributed by atoms with Crippen LogP contribution in [0.4, 0.5) is 4.79 Å². The maximum atomic E-state index is 13.0. The van der Waals surface area contributed by atoms with Gasteiger partial charge in [-0.1, -0.05) is 93.5 Å². The summed E-state index contributed by atoms with van der Waals surface area (Å²) >= 11 is 0. The van der Waals surface area contributed by atoms with Crippen molar-refractivity contribution >= 4 is 6.09 Å². The van der Waals surface area contributed by atoms with Crippen LogP contribution in [0.25, 0.3) is 10.4 Å². The highest BCUT2D eigenvalue weighted by atomic mass is 16.7. The van der Waals surface area contributed by atoms with E-state index in [9.17, 15) is 20.5 Å². The van der Waals surface area contributed by atoms with Crippen molar-refractivity contribution in [3.63, 3.8) is 0 Å². The zero-order chi connectivity index (χ0) is 34.5. The van der Waals surface area contributed by atoms with Crippen molar-refractivity contribution in [3.8, 4) is 0 Å². The Kier molecular flexibility index (Phi) is 15.0. The molecule has 2 fully saturated rings. The van der Waals surface area contributed by atoms with Gasteiger partial charge in [-0.05, 0) is 54.2 Å². The molecule has 2 heterocycles. The van der Waals surface area contributed by atoms with Gasteiger partial charge in [-0.2, -0.15) is 0 Å². The number of rotatable bonds is 16. The molecule has 0 aliphatic carbocycles. The predicted octanol–water partition coefficient (Wildman–Crippen LogP) is 6.20. The number of carbonyl (C=O) groups is 1. The average molecular weight is 669 g/mol. The van der Waals surface area contributed by atoms with E-state index < -0.39 is 36.9 Å². The Morgan fingerprint density at radius 2 is 1.58 bits per heavy atom. The van der Waals surface area contributed by atoms with E-state index in [2.05, 4.69) is 10.0 Å². The Hall–Kier alpha value is -3.22. The summed E-state index contributed by atoms with van der Waals surface area (Å²) in [6, 6.07) is 18.9. The lowest BCUT2D eigenvalue weighted by Crippen LogP contribution is -2.58. The standard InChI is InChI=1S/C36H52N4O8/c1-5-29-33(48-34-25(3)24(2)32(42)30(22-41)47-34)26(4)31(38-39-37)35(46-29)44-20-14-8-13-19-40(21-27-15-9-6-10-16-27)36(43)45-23-28-17-11-7-12-18-28/h6-7,9-12,15-18,24-26,29-35,41-42H,5,8,13-14,19-23H2,1-4H3/t24?,25-,26?,29?,30?,31-,32-,33-,34-,35-/m0/s1. The Balaban J connectivity index is 1.28.